The largest absolute Gasteiger partial charge is 0.381 e. The topological polar surface area (TPSA) is 81.9 Å². The van der Waals surface area contributed by atoms with Gasteiger partial charge >= 0.3 is 0 Å². The maximum Gasteiger partial charge on any atom is 0.248 e. The van der Waals surface area contributed by atoms with E-state index in [2.05, 4.69) is 5.16 Å². The number of rotatable bonds is 3. The third-order valence-electron chi connectivity index (χ3n) is 4.59. The average Bonchev–Trinajstić information content (AvgIpc) is 2.85. The zero-order valence-corrected chi connectivity index (χ0v) is 13.9. The molecule has 3 rings (SSSR count). The lowest BCUT2D eigenvalue weighted by Crippen LogP contribution is -2.56. The summed E-state index contributed by atoms with van der Waals surface area (Å²) in [4.78, 5) is 0.188. The van der Waals surface area contributed by atoms with Crippen LogP contribution in [-0.4, -0.2) is 56.4 Å². The maximum absolute atomic E-state index is 13.1. The van der Waals surface area contributed by atoms with Crippen molar-refractivity contribution in [3.63, 3.8) is 0 Å². The van der Waals surface area contributed by atoms with Crippen molar-refractivity contribution in [2.24, 2.45) is 0 Å². The van der Waals surface area contributed by atoms with Crippen LogP contribution in [0.15, 0.2) is 9.42 Å². The predicted octanol–water partition coefficient (Wildman–Crippen LogP) is 1.25. The summed E-state index contributed by atoms with van der Waals surface area (Å²) in [5.41, 5.74) is 0.402. The van der Waals surface area contributed by atoms with Crippen LogP contribution in [0.4, 0.5) is 0 Å². The average molecular weight is 330 g/mol. The second-order valence-corrected chi connectivity index (χ2v) is 7.74. The highest BCUT2D eigenvalue weighted by Gasteiger charge is 2.44. The van der Waals surface area contributed by atoms with E-state index in [-0.39, 0.29) is 23.1 Å². The lowest BCUT2D eigenvalue weighted by Gasteiger charge is -2.44. The monoisotopic (exact) mass is 330 g/mol. The Balaban J connectivity index is 1.95. The van der Waals surface area contributed by atoms with Crippen molar-refractivity contribution in [2.75, 3.05) is 20.3 Å². The van der Waals surface area contributed by atoms with Crippen LogP contribution in [0, 0.1) is 13.8 Å². The number of fused-ring (bicyclic) bond motifs is 1. The number of aromatic nitrogens is 1. The molecule has 1 aliphatic heterocycles. The lowest BCUT2D eigenvalue weighted by atomic mass is 9.89. The molecule has 1 aromatic rings. The summed E-state index contributed by atoms with van der Waals surface area (Å²) in [6.07, 6.45) is 2.39. The Morgan fingerprint density at radius 1 is 1.32 bits per heavy atom. The molecule has 0 N–H and O–H groups in total. The zero-order chi connectivity index (χ0) is 15.9. The van der Waals surface area contributed by atoms with Gasteiger partial charge in [0, 0.05) is 13.7 Å². The Bertz CT molecular complexity index is 622. The minimum absolute atomic E-state index is 0.0598. The number of aryl methyl sites for hydroxylation is 2. The minimum Gasteiger partial charge on any atom is -0.381 e. The van der Waals surface area contributed by atoms with Crippen LogP contribution in [0.1, 0.15) is 30.7 Å². The summed E-state index contributed by atoms with van der Waals surface area (Å²) in [6, 6.07) is -0.189. The normalized spacial score (nSPS) is 30.2. The van der Waals surface area contributed by atoms with Crippen molar-refractivity contribution in [2.45, 2.75) is 56.3 Å². The van der Waals surface area contributed by atoms with Crippen molar-refractivity contribution in [3.8, 4) is 0 Å². The number of hydrogen-bond acceptors (Lipinski definition) is 6. The lowest BCUT2D eigenvalue weighted by molar-refractivity contribution is -0.0883. The molecule has 2 fully saturated rings. The van der Waals surface area contributed by atoms with Crippen LogP contribution in [0.25, 0.3) is 0 Å². The molecular weight excluding hydrogens is 308 g/mol. The van der Waals surface area contributed by atoms with Gasteiger partial charge in [-0.05, 0) is 33.1 Å². The second kappa shape index (κ2) is 5.92. The van der Waals surface area contributed by atoms with Crippen LogP contribution in [0.2, 0.25) is 0 Å². The van der Waals surface area contributed by atoms with E-state index >= 15 is 0 Å². The van der Waals surface area contributed by atoms with Gasteiger partial charge in [0.25, 0.3) is 0 Å². The summed E-state index contributed by atoms with van der Waals surface area (Å²) in [7, 11) is -1.97. The van der Waals surface area contributed by atoms with Crippen LogP contribution < -0.4 is 0 Å². The molecule has 0 bridgehead atoms. The van der Waals surface area contributed by atoms with E-state index in [0.29, 0.717) is 31.0 Å². The molecule has 0 amide bonds. The van der Waals surface area contributed by atoms with Crippen molar-refractivity contribution < 1.29 is 22.4 Å². The molecule has 8 heteroatoms. The molecule has 0 unspecified atom stereocenters. The van der Waals surface area contributed by atoms with Gasteiger partial charge in [0.1, 0.15) is 10.6 Å². The molecule has 1 saturated carbocycles. The predicted molar refractivity (Wildman–Crippen MR) is 78.0 cm³/mol. The molecule has 2 aliphatic rings. The first-order chi connectivity index (χ1) is 10.4. The van der Waals surface area contributed by atoms with Crippen molar-refractivity contribution >= 4 is 10.0 Å². The van der Waals surface area contributed by atoms with E-state index < -0.39 is 10.0 Å². The third kappa shape index (κ3) is 2.58. The van der Waals surface area contributed by atoms with E-state index in [0.717, 1.165) is 12.8 Å². The molecule has 124 valence electrons. The van der Waals surface area contributed by atoms with Crippen molar-refractivity contribution in [3.05, 3.63) is 11.5 Å². The molecule has 1 saturated heterocycles. The first kappa shape index (κ1) is 15.9. The summed E-state index contributed by atoms with van der Waals surface area (Å²) < 4.78 is 43.9. The number of ether oxygens (including phenoxy) is 2. The third-order valence-corrected chi connectivity index (χ3v) is 6.76. The summed E-state index contributed by atoms with van der Waals surface area (Å²) >= 11 is 0. The van der Waals surface area contributed by atoms with Crippen LogP contribution >= 0.6 is 0 Å². The highest BCUT2D eigenvalue weighted by molar-refractivity contribution is 7.89. The molecule has 0 radical (unpaired) electrons. The molecule has 0 aromatic carbocycles. The number of hydrogen-bond donors (Lipinski definition) is 0. The van der Waals surface area contributed by atoms with Gasteiger partial charge in [-0.1, -0.05) is 5.16 Å². The Morgan fingerprint density at radius 2 is 2.09 bits per heavy atom. The summed E-state index contributed by atoms with van der Waals surface area (Å²) in [5.74, 6) is 0.333. The molecule has 3 atom stereocenters. The van der Waals surface area contributed by atoms with Gasteiger partial charge in [-0.15, -0.1) is 0 Å². The number of sulfonamides is 1. The highest BCUT2D eigenvalue weighted by Crippen LogP contribution is 2.34. The van der Waals surface area contributed by atoms with Gasteiger partial charge in [-0.25, -0.2) is 8.42 Å². The van der Waals surface area contributed by atoms with Crippen LogP contribution in [-0.2, 0) is 19.5 Å². The van der Waals surface area contributed by atoms with E-state index in [1.54, 1.807) is 25.3 Å². The van der Waals surface area contributed by atoms with Gasteiger partial charge in [-0.3, -0.25) is 0 Å². The number of nitrogens with zero attached hydrogens (tertiary/aromatic N) is 2. The van der Waals surface area contributed by atoms with Crippen molar-refractivity contribution in [1.29, 1.82) is 0 Å². The van der Waals surface area contributed by atoms with Crippen LogP contribution in [0.3, 0.4) is 0 Å². The van der Waals surface area contributed by atoms with E-state index in [1.165, 1.54) is 0 Å². The molecule has 7 nitrogen and oxygen atoms in total. The maximum atomic E-state index is 13.1. The fourth-order valence-electron chi connectivity index (χ4n) is 3.51. The number of morpholine rings is 1. The van der Waals surface area contributed by atoms with Crippen molar-refractivity contribution in [1.82, 2.24) is 9.46 Å². The van der Waals surface area contributed by atoms with Gasteiger partial charge in [0.15, 0.2) is 5.76 Å². The second-order valence-electron chi connectivity index (χ2n) is 5.92. The van der Waals surface area contributed by atoms with Gasteiger partial charge in [0.2, 0.25) is 10.0 Å². The quantitative estimate of drug-likeness (QED) is 0.829. The van der Waals surface area contributed by atoms with Crippen LogP contribution in [0.5, 0.6) is 0 Å². The molecule has 1 aliphatic carbocycles. The molecule has 22 heavy (non-hydrogen) atoms. The first-order valence-electron chi connectivity index (χ1n) is 7.54. The van der Waals surface area contributed by atoms with E-state index in [4.69, 9.17) is 14.0 Å². The Morgan fingerprint density at radius 3 is 2.73 bits per heavy atom. The Labute approximate surface area is 130 Å². The standard InChI is InChI=1S/C14H22N2O5S/c1-9-14(10(2)21-15-9)22(17,18)16-6-7-20-13-5-4-11(19-3)8-12(13)16/h11-13H,4-8H2,1-3H3/t11-,12+,13+/m1/s1. The summed E-state index contributed by atoms with van der Waals surface area (Å²) in [6.45, 7) is 4.05. The van der Waals surface area contributed by atoms with Gasteiger partial charge < -0.3 is 14.0 Å². The van der Waals surface area contributed by atoms with E-state index in [9.17, 15) is 8.42 Å². The molecule has 2 heterocycles. The first-order valence-corrected chi connectivity index (χ1v) is 8.98. The summed E-state index contributed by atoms with van der Waals surface area (Å²) in [5, 5.41) is 3.78. The van der Waals surface area contributed by atoms with Gasteiger partial charge in [0.05, 0.1) is 24.9 Å². The SMILES string of the molecule is CO[C@@H]1CC[C@@H]2OCCN(S(=O)(=O)c3c(C)noc3C)[C@H]2C1. The molecule has 0 spiro atoms. The fraction of sp³-hybridized carbons (Fsp3) is 0.786. The Kier molecular flexibility index (Phi) is 4.28. The number of methoxy groups -OCH3 is 1. The highest BCUT2D eigenvalue weighted by atomic mass is 32.2. The van der Waals surface area contributed by atoms with Gasteiger partial charge in [-0.2, -0.15) is 4.31 Å². The smallest absolute Gasteiger partial charge is 0.248 e. The molecule has 1 aromatic heterocycles. The fourth-order valence-corrected chi connectivity index (χ4v) is 5.45. The Hall–Kier alpha value is -0.960. The molecular formula is C14H22N2O5S. The zero-order valence-electron chi connectivity index (χ0n) is 13.1. The van der Waals surface area contributed by atoms with E-state index in [1.807, 2.05) is 0 Å². The minimum atomic E-state index is -3.64.